The number of benzene rings is 4. The molecule has 1 aliphatic rings. The van der Waals surface area contributed by atoms with E-state index in [4.69, 9.17) is 4.74 Å². The molecule has 39 heavy (non-hydrogen) atoms. The van der Waals surface area contributed by atoms with Gasteiger partial charge in [-0.05, 0) is 93.3 Å². The van der Waals surface area contributed by atoms with E-state index in [1.165, 1.54) is 11.1 Å². The minimum absolute atomic E-state index is 0.0440. The predicted octanol–water partition coefficient (Wildman–Crippen LogP) is 9.52. The Morgan fingerprint density at radius 3 is 2.08 bits per heavy atom. The van der Waals surface area contributed by atoms with Crippen LogP contribution in [0.25, 0.3) is 33.4 Å². The third-order valence-electron chi connectivity index (χ3n) is 8.23. The number of fused-ring (bicyclic) bond motifs is 1. The molecule has 0 fully saturated rings. The zero-order chi connectivity index (χ0) is 27.8. The SMILES string of the molecule is CCCOc1cc(-c2cc(-c3ccc(C(=O)O)cc3)ccc2-c2ccccc2)cc2c1C(C)(C)CCC2(C)C. The van der Waals surface area contributed by atoms with Crippen molar-refractivity contribution >= 4 is 5.97 Å². The van der Waals surface area contributed by atoms with E-state index in [9.17, 15) is 9.90 Å². The van der Waals surface area contributed by atoms with Gasteiger partial charge in [-0.2, -0.15) is 0 Å². The van der Waals surface area contributed by atoms with Crippen molar-refractivity contribution in [3.63, 3.8) is 0 Å². The minimum atomic E-state index is -0.916. The topological polar surface area (TPSA) is 46.5 Å². The van der Waals surface area contributed by atoms with E-state index >= 15 is 0 Å². The summed E-state index contributed by atoms with van der Waals surface area (Å²) < 4.78 is 6.49. The highest BCUT2D eigenvalue weighted by Gasteiger charge is 2.40. The molecule has 3 heteroatoms. The van der Waals surface area contributed by atoms with Crippen LogP contribution in [0.1, 0.15) is 75.4 Å². The molecule has 0 amide bonds. The van der Waals surface area contributed by atoms with Crippen LogP contribution in [0.2, 0.25) is 0 Å². The Morgan fingerprint density at radius 2 is 1.41 bits per heavy atom. The molecule has 4 aromatic rings. The summed E-state index contributed by atoms with van der Waals surface area (Å²) in [5.74, 6) is 0.0817. The van der Waals surface area contributed by atoms with Crippen molar-refractivity contribution in [2.45, 2.75) is 64.7 Å². The highest BCUT2D eigenvalue weighted by atomic mass is 16.5. The van der Waals surface area contributed by atoms with Crippen molar-refractivity contribution in [3.05, 3.63) is 102 Å². The van der Waals surface area contributed by atoms with Crippen molar-refractivity contribution in [1.82, 2.24) is 0 Å². The summed E-state index contributed by atoms with van der Waals surface area (Å²) in [6, 6.07) is 28.8. The van der Waals surface area contributed by atoms with E-state index in [0.29, 0.717) is 6.61 Å². The summed E-state index contributed by atoms with van der Waals surface area (Å²) >= 11 is 0. The van der Waals surface area contributed by atoms with Gasteiger partial charge in [0.05, 0.1) is 12.2 Å². The molecule has 0 unspecified atom stereocenters. The lowest BCUT2D eigenvalue weighted by molar-refractivity contribution is 0.0697. The van der Waals surface area contributed by atoms with Gasteiger partial charge in [0.1, 0.15) is 5.75 Å². The summed E-state index contributed by atoms with van der Waals surface area (Å²) in [7, 11) is 0. The standard InChI is InChI=1S/C36H38O3/c1-6-20-39-32-23-28(22-31-33(32)36(4,5)19-18-35(31,2)3)30-21-27(24-12-14-26(15-13-24)34(37)38)16-17-29(30)25-10-8-7-9-11-25/h7-17,21-23H,6,18-20H2,1-5H3,(H,37,38). The normalized spacial score (nSPS) is 15.4. The maximum absolute atomic E-state index is 11.4. The van der Waals surface area contributed by atoms with Gasteiger partial charge in [-0.25, -0.2) is 4.79 Å². The molecule has 0 saturated heterocycles. The molecule has 0 saturated carbocycles. The Bertz CT molecular complexity index is 1490. The first-order valence-electron chi connectivity index (χ1n) is 14.0. The van der Waals surface area contributed by atoms with Gasteiger partial charge in [0.15, 0.2) is 0 Å². The van der Waals surface area contributed by atoms with Gasteiger partial charge in [0.25, 0.3) is 0 Å². The summed E-state index contributed by atoms with van der Waals surface area (Å²) in [4.78, 5) is 11.4. The second-order valence-corrected chi connectivity index (χ2v) is 12.0. The monoisotopic (exact) mass is 518 g/mol. The third-order valence-corrected chi connectivity index (χ3v) is 8.23. The number of ether oxygens (including phenoxy) is 1. The van der Waals surface area contributed by atoms with Crippen LogP contribution in [-0.2, 0) is 10.8 Å². The van der Waals surface area contributed by atoms with E-state index < -0.39 is 5.97 Å². The van der Waals surface area contributed by atoms with Crippen molar-refractivity contribution in [3.8, 4) is 39.1 Å². The second-order valence-electron chi connectivity index (χ2n) is 12.0. The van der Waals surface area contributed by atoms with Crippen molar-refractivity contribution in [1.29, 1.82) is 0 Å². The van der Waals surface area contributed by atoms with Gasteiger partial charge in [0.2, 0.25) is 0 Å². The van der Waals surface area contributed by atoms with Crippen LogP contribution >= 0.6 is 0 Å². The Morgan fingerprint density at radius 1 is 0.744 bits per heavy atom. The lowest BCUT2D eigenvalue weighted by Crippen LogP contribution is -2.34. The number of hydrogen-bond donors (Lipinski definition) is 1. The summed E-state index contributed by atoms with van der Waals surface area (Å²) in [5.41, 5.74) is 9.75. The molecule has 0 bridgehead atoms. The van der Waals surface area contributed by atoms with Crippen molar-refractivity contribution in [2.75, 3.05) is 6.61 Å². The van der Waals surface area contributed by atoms with Crippen LogP contribution in [0, 0.1) is 0 Å². The largest absolute Gasteiger partial charge is 0.493 e. The van der Waals surface area contributed by atoms with Crippen molar-refractivity contribution < 1.29 is 14.6 Å². The minimum Gasteiger partial charge on any atom is -0.493 e. The molecule has 3 nitrogen and oxygen atoms in total. The number of hydrogen-bond acceptors (Lipinski definition) is 2. The van der Waals surface area contributed by atoms with Crippen LogP contribution < -0.4 is 4.74 Å². The van der Waals surface area contributed by atoms with E-state index in [1.807, 2.05) is 18.2 Å². The van der Waals surface area contributed by atoms with E-state index in [1.54, 1.807) is 12.1 Å². The average molecular weight is 519 g/mol. The number of carbonyl (C=O) groups is 1. The highest BCUT2D eigenvalue weighted by molar-refractivity contribution is 5.90. The molecule has 0 spiro atoms. The summed E-state index contributed by atoms with van der Waals surface area (Å²) in [6.45, 7) is 12.2. The number of aromatic carboxylic acids is 1. The van der Waals surface area contributed by atoms with Gasteiger partial charge >= 0.3 is 5.97 Å². The maximum atomic E-state index is 11.4. The molecule has 5 rings (SSSR count). The van der Waals surface area contributed by atoms with E-state index in [0.717, 1.165) is 58.4 Å². The van der Waals surface area contributed by atoms with Gasteiger partial charge in [-0.1, -0.05) is 95.3 Å². The zero-order valence-corrected chi connectivity index (χ0v) is 23.7. The van der Waals surface area contributed by atoms with Crippen LogP contribution in [-0.4, -0.2) is 17.7 Å². The average Bonchev–Trinajstić information content (AvgIpc) is 2.94. The fourth-order valence-electron chi connectivity index (χ4n) is 5.85. The molecular formula is C36H38O3. The van der Waals surface area contributed by atoms with E-state index in [2.05, 4.69) is 89.2 Å². The molecule has 0 aliphatic heterocycles. The molecule has 0 heterocycles. The Balaban J connectivity index is 1.75. The van der Waals surface area contributed by atoms with Gasteiger partial charge in [0, 0.05) is 5.56 Å². The lowest BCUT2D eigenvalue weighted by atomic mass is 9.62. The molecule has 1 aliphatic carbocycles. The molecule has 0 radical (unpaired) electrons. The van der Waals surface area contributed by atoms with Gasteiger partial charge < -0.3 is 9.84 Å². The second kappa shape index (κ2) is 10.4. The molecule has 1 N–H and O–H groups in total. The molecule has 200 valence electrons. The first kappa shape index (κ1) is 26.7. The van der Waals surface area contributed by atoms with Crippen LogP contribution in [0.15, 0.2) is 84.9 Å². The molecular weight excluding hydrogens is 480 g/mol. The maximum Gasteiger partial charge on any atom is 0.335 e. The van der Waals surface area contributed by atoms with E-state index in [-0.39, 0.29) is 16.4 Å². The van der Waals surface area contributed by atoms with Crippen LogP contribution in [0.3, 0.4) is 0 Å². The van der Waals surface area contributed by atoms with Gasteiger partial charge in [-0.3, -0.25) is 0 Å². The van der Waals surface area contributed by atoms with Gasteiger partial charge in [-0.15, -0.1) is 0 Å². The quantitative estimate of drug-likeness (QED) is 0.265. The number of rotatable bonds is 7. The fraction of sp³-hybridized carbons (Fsp3) is 0.306. The zero-order valence-electron chi connectivity index (χ0n) is 23.7. The molecule has 0 atom stereocenters. The number of carboxylic acid groups (broad SMARTS) is 1. The molecule has 4 aromatic carbocycles. The smallest absolute Gasteiger partial charge is 0.335 e. The van der Waals surface area contributed by atoms with Crippen LogP contribution in [0.4, 0.5) is 0 Å². The summed E-state index contributed by atoms with van der Waals surface area (Å²) in [5, 5.41) is 9.35. The first-order chi connectivity index (χ1) is 18.6. The van der Waals surface area contributed by atoms with Crippen LogP contribution in [0.5, 0.6) is 5.75 Å². The lowest BCUT2D eigenvalue weighted by Gasteiger charge is -2.43. The Labute approximate surface area is 232 Å². The molecule has 0 aromatic heterocycles. The first-order valence-corrected chi connectivity index (χ1v) is 14.0. The van der Waals surface area contributed by atoms with Crippen molar-refractivity contribution in [2.24, 2.45) is 0 Å². The number of carboxylic acids is 1. The predicted molar refractivity (Wildman–Crippen MR) is 161 cm³/mol. The third kappa shape index (κ3) is 5.23. The fourth-order valence-corrected chi connectivity index (χ4v) is 5.85. The Hall–Kier alpha value is -3.85. The Kier molecular flexibility index (Phi) is 7.11. The highest BCUT2D eigenvalue weighted by Crippen LogP contribution is 2.51. The summed E-state index contributed by atoms with van der Waals surface area (Å²) in [6.07, 6.45) is 3.22.